The summed E-state index contributed by atoms with van der Waals surface area (Å²) < 4.78 is 39.9. The van der Waals surface area contributed by atoms with Crippen LogP contribution in [0.25, 0.3) is 11.0 Å². The van der Waals surface area contributed by atoms with E-state index in [0.29, 0.717) is 22.9 Å². The van der Waals surface area contributed by atoms with Gasteiger partial charge in [0.2, 0.25) is 0 Å². The van der Waals surface area contributed by atoms with E-state index in [4.69, 9.17) is 9.15 Å². The van der Waals surface area contributed by atoms with Gasteiger partial charge in [-0.15, -0.1) is 0 Å². The highest BCUT2D eigenvalue weighted by Gasteiger charge is 2.22. The zero-order chi connectivity index (χ0) is 20.4. The van der Waals surface area contributed by atoms with Crippen molar-refractivity contribution >= 4 is 26.7 Å². The topological polar surface area (TPSA) is 80.6 Å². The normalized spacial score (nSPS) is 15.5. The maximum absolute atomic E-state index is 13.2. The number of benzene rings is 2. The molecule has 2 N–H and O–H groups in total. The Morgan fingerprint density at radius 2 is 1.97 bits per heavy atom. The highest BCUT2D eigenvalue weighted by molar-refractivity contribution is 7.92. The first-order chi connectivity index (χ1) is 14.0. The molecule has 0 aliphatic carbocycles. The predicted molar refractivity (Wildman–Crippen MR) is 114 cm³/mol. The fourth-order valence-electron chi connectivity index (χ4n) is 3.95. The summed E-state index contributed by atoms with van der Waals surface area (Å²) in [6, 6.07) is 11.0. The Balaban J connectivity index is 1.69. The van der Waals surface area contributed by atoms with Crippen molar-refractivity contribution in [1.82, 2.24) is 5.32 Å². The van der Waals surface area contributed by atoms with E-state index in [1.165, 1.54) is 7.11 Å². The molecule has 0 saturated carbocycles. The summed E-state index contributed by atoms with van der Waals surface area (Å²) in [5.41, 5.74) is 2.95. The molecule has 4 rings (SSSR count). The van der Waals surface area contributed by atoms with E-state index in [0.717, 1.165) is 48.9 Å². The molecule has 1 fully saturated rings. The number of anilines is 1. The van der Waals surface area contributed by atoms with Crippen LogP contribution in [0.4, 0.5) is 5.69 Å². The van der Waals surface area contributed by atoms with Crippen LogP contribution >= 0.6 is 0 Å². The SMILES string of the molecule is COc1ccc(C)cc1S(=O)(=O)Nc1cc(CC2CCNCC2)cc2ccoc12. The van der Waals surface area contributed by atoms with Gasteiger partial charge in [0.25, 0.3) is 10.0 Å². The molecule has 0 atom stereocenters. The van der Waals surface area contributed by atoms with Gasteiger partial charge in [0.15, 0.2) is 5.58 Å². The summed E-state index contributed by atoms with van der Waals surface area (Å²) in [6.45, 7) is 3.92. The smallest absolute Gasteiger partial charge is 0.265 e. The molecule has 1 aliphatic heterocycles. The van der Waals surface area contributed by atoms with E-state index in [1.54, 1.807) is 18.4 Å². The van der Waals surface area contributed by atoms with Gasteiger partial charge < -0.3 is 14.5 Å². The molecule has 0 unspecified atom stereocenters. The molecule has 154 valence electrons. The number of methoxy groups -OCH3 is 1. The fraction of sp³-hybridized carbons (Fsp3) is 0.364. The van der Waals surface area contributed by atoms with Gasteiger partial charge >= 0.3 is 0 Å². The highest BCUT2D eigenvalue weighted by Crippen LogP contribution is 2.32. The number of hydrogen-bond acceptors (Lipinski definition) is 5. The number of sulfonamides is 1. The number of piperidine rings is 1. The van der Waals surface area contributed by atoms with Gasteiger partial charge in [0.1, 0.15) is 10.6 Å². The quantitative estimate of drug-likeness (QED) is 0.635. The Hall–Kier alpha value is -2.51. The van der Waals surface area contributed by atoms with Gasteiger partial charge in [-0.2, -0.15) is 0 Å². The largest absolute Gasteiger partial charge is 0.495 e. The lowest BCUT2D eigenvalue weighted by molar-refractivity contribution is 0.373. The first kappa shape index (κ1) is 19.8. The molecule has 6 nitrogen and oxygen atoms in total. The number of fused-ring (bicyclic) bond motifs is 1. The highest BCUT2D eigenvalue weighted by atomic mass is 32.2. The summed E-state index contributed by atoms with van der Waals surface area (Å²) >= 11 is 0. The van der Waals surface area contributed by atoms with Crippen molar-refractivity contribution in [1.29, 1.82) is 0 Å². The van der Waals surface area contributed by atoms with Crippen LogP contribution in [0.5, 0.6) is 5.75 Å². The third-order valence-corrected chi connectivity index (χ3v) is 6.83. The van der Waals surface area contributed by atoms with Gasteiger partial charge in [-0.1, -0.05) is 6.07 Å². The van der Waals surface area contributed by atoms with Gasteiger partial charge in [0.05, 0.1) is 19.1 Å². The third-order valence-electron chi connectivity index (χ3n) is 5.45. The standard InChI is InChI=1S/C22H26N2O4S/c1-15-3-4-20(27-2)21(11-15)29(25,26)24-19-14-17(12-16-5-8-23-9-6-16)13-18-7-10-28-22(18)19/h3-4,7,10-11,13-14,16,23-24H,5-6,8-9,12H2,1-2H3. The van der Waals surface area contributed by atoms with Gasteiger partial charge in [0, 0.05) is 5.39 Å². The van der Waals surface area contributed by atoms with Crippen LogP contribution in [-0.2, 0) is 16.4 Å². The zero-order valence-corrected chi connectivity index (χ0v) is 17.5. The number of furan rings is 1. The van der Waals surface area contributed by atoms with Crippen LogP contribution in [-0.4, -0.2) is 28.6 Å². The van der Waals surface area contributed by atoms with Crippen LogP contribution in [0.1, 0.15) is 24.0 Å². The molecule has 29 heavy (non-hydrogen) atoms. The maximum Gasteiger partial charge on any atom is 0.265 e. The molecule has 3 aromatic rings. The van der Waals surface area contributed by atoms with E-state index in [-0.39, 0.29) is 4.90 Å². The summed E-state index contributed by atoms with van der Waals surface area (Å²) in [6.07, 6.45) is 4.77. The third kappa shape index (κ3) is 4.26. The number of hydrogen-bond donors (Lipinski definition) is 2. The van der Waals surface area contributed by atoms with E-state index in [9.17, 15) is 8.42 Å². The predicted octanol–water partition coefficient (Wildman–Crippen LogP) is 4.09. The second-order valence-electron chi connectivity index (χ2n) is 7.64. The molecular weight excluding hydrogens is 388 g/mol. The second kappa shape index (κ2) is 8.08. The average Bonchev–Trinajstić information content (AvgIpc) is 3.17. The molecule has 7 heteroatoms. The monoisotopic (exact) mass is 414 g/mol. The van der Waals surface area contributed by atoms with Crippen molar-refractivity contribution in [2.45, 2.75) is 31.1 Å². The summed E-state index contributed by atoms with van der Waals surface area (Å²) in [7, 11) is -2.38. The fourth-order valence-corrected chi connectivity index (χ4v) is 5.26. The Morgan fingerprint density at radius 1 is 1.17 bits per heavy atom. The maximum atomic E-state index is 13.2. The first-order valence-electron chi connectivity index (χ1n) is 9.84. The molecule has 0 amide bonds. The number of ether oxygens (including phenoxy) is 1. The Bertz CT molecular complexity index is 1120. The lowest BCUT2D eigenvalue weighted by Gasteiger charge is -2.23. The Morgan fingerprint density at radius 3 is 2.72 bits per heavy atom. The molecule has 1 aliphatic rings. The summed E-state index contributed by atoms with van der Waals surface area (Å²) in [5.74, 6) is 0.909. The van der Waals surface area contributed by atoms with Crippen LogP contribution in [0.3, 0.4) is 0 Å². The Kier molecular flexibility index (Phi) is 5.52. The minimum atomic E-state index is -3.84. The molecule has 0 bridgehead atoms. The summed E-state index contributed by atoms with van der Waals surface area (Å²) in [5, 5.41) is 4.28. The van der Waals surface area contributed by atoms with Crippen LogP contribution in [0, 0.1) is 12.8 Å². The van der Waals surface area contributed by atoms with E-state index < -0.39 is 10.0 Å². The summed E-state index contributed by atoms with van der Waals surface area (Å²) in [4.78, 5) is 0.114. The molecule has 1 saturated heterocycles. The minimum Gasteiger partial charge on any atom is -0.495 e. The second-order valence-corrected chi connectivity index (χ2v) is 9.29. The number of nitrogens with one attached hydrogen (secondary N) is 2. The minimum absolute atomic E-state index is 0.114. The van der Waals surface area contributed by atoms with Crippen molar-refractivity contribution in [2.24, 2.45) is 5.92 Å². The average molecular weight is 415 g/mol. The van der Waals surface area contributed by atoms with Crippen molar-refractivity contribution in [3.8, 4) is 5.75 Å². The van der Waals surface area contributed by atoms with Crippen molar-refractivity contribution in [3.05, 3.63) is 53.8 Å². The van der Waals surface area contributed by atoms with Crippen molar-refractivity contribution < 1.29 is 17.6 Å². The lowest BCUT2D eigenvalue weighted by Crippen LogP contribution is -2.28. The van der Waals surface area contributed by atoms with Crippen LogP contribution in [0.15, 0.2) is 52.0 Å². The van der Waals surface area contributed by atoms with E-state index in [1.807, 2.05) is 25.1 Å². The molecular formula is C22H26N2O4S. The molecule has 0 spiro atoms. The van der Waals surface area contributed by atoms with Gasteiger partial charge in [-0.3, -0.25) is 4.72 Å². The van der Waals surface area contributed by atoms with Gasteiger partial charge in [-0.25, -0.2) is 8.42 Å². The van der Waals surface area contributed by atoms with Crippen molar-refractivity contribution in [2.75, 3.05) is 24.9 Å². The van der Waals surface area contributed by atoms with Crippen LogP contribution < -0.4 is 14.8 Å². The lowest BCUT2D eigenvalue weighted by atomic mass is 9.90. The number of aryl methyl sites for hydroxylation is 1. The molecule has 2 heterocycles. The zero-order valence-electron chi connectivity index (χ0n) is 16.7. The van der Waals surface area contributed by atoms with Crippen molar-refractivity contribution in [3.63, 3.8) is 0 Å². The number of rotatable bonds is 6. The van der Waals surface area contributed by atoms with E-state index in [2.05, 4.69) is 16.1 Å². The molecule has 1 aromatic heterocycles. The first-order valence-corrected chi connectivity index (χ1v) is 11.3. The molecule has 2 aromatic carbocycles. The van der Waals surface area contributed by atoms with Crippen LogP contribution in [0.2, 0.25) is 0 Å². The van der Waals surface area contributed by atoms with E-state index >= 15 is 0 Å². The Labute approximate surface area is 171 Å². The molecule has 0 radical (unpaired) electrons. The van der Waals surface area contributed by atoms with Gasteiger partial charge in [-0.05, 0) is 86.7 Å².